The van der Waals surface area contributed by atoms with E-state index in [1.807, 2.05) is 24.3 Å². The molecule has 1 heterocycles. The summed E-state index contributed by atoms with van der Waals surface area (Å²) in [6, 6.07) is 10.7. The zero-order valence-electron chi connectivity index (χ0n) is 13.4. The van der Waals surface area contributed by atoms with Crippen LogP contribution >= 0.6 is 11.6 Å². The van der Waals surface area contributed by atoms with Crippen LogP contribution in [0.5, 0.6) is 0 Å². The standard InChI is InChI=1S/C18H19ClN2O3/c1-24-9-8-21-11-14(6-7-17(21)22)20-18(23)16-10-15(16)12-2-4-13(19)5-3-12/h2-7,11,15-16H,8-10H2,1H3,(H,20,23)/t15-,16-/m0/s1. The third-order valence-electron chi connectivity index (χ3n) is 4.21. The number of halogens is 1. The van der Waals surface area contributed by atoms with E-state index in [9.17, 15) is 9.59 Å². The highest BCUT2D eigenvalue weighted by Crippen LogP contribution is 2.48. The van der Waals surface area contributed by atoms with E-state index in [-0.39, 0.29) is 23.3 Å². The number of nitrogens with zero attached hydrogens (tertiary/aromatic N) is 1. The molecule has 1 aliphatic carbocycles. The predicted molar refractivity (Wildman–Crippen MR) is 93.5 cm³/mol. The van der Waals surface area contributed by atoms with Crippen molar-refractivity contribution >= 4 is 23.2 Å². The molecule has 0 radical (unpaired) electrons. The second kappa shape index (κ2) is 7.20. The zero-order chi connectivity index (χ0) is 17.1. The summed E-state index contributed by atoms with van der Waals surface area (Å²) in [6.45, 7) is 0.897. The lowest BCUT2D eigenvalue weighted by atomic mass is 10.1. The molecule has 0 saturated heterocycles. The van der Waals surface area contributed by atoms with Crippen LogP contribution < -0.4 is 10.9 Å². The molecule has 1 N–H and O–H groups in total. The monoisotopic (exact) mass is 346 g/mol. The van der Waals surface area contributed by atoms with Gasteiger partial charge in [-0.05, 0) is 36.1 Å². The predicted octanol–water partition coefficient (Wildman–Crippen LogP) is 2.89. The van der Waals surface area contributed by atoms with E-state index >= 15 is 0 Å². The molecule has 2 atom stereocenters. The fourth-order valence-electron chi connectivity index (χ4n) is 2.77. The molecule has 3 rings (SSSR count). The SMILES string of the molecule is COCCn1cc(NC(=O)[C@H]2C[C@H]2c2ccc(Cl)cc2)ccc1=O. The maximum Gasteiger partial charge on any atom is 0.250 e. The minimum atomic E-state index is -0.115. The third kappa shape index (κ3) is 3.86. The number of nitrogens with one attached hydrogen (secondary N) is 1. The number of hydrogen-bond donors (Lipinski definition) is 1. The van der Waals surface area contributed by atoms with Gasteiger partial charge in [-0.1, -0.05) is 23.7 Å². The van der Waals surface area contributed by atoms with Crippen molar-refractivity contribution in [3.8, 4) is 0 Å². The van der Waals surface area contributed by atoms with Gasteiger partial charge in [0, 0.05) is 36.9 Å². The van der Waals surface area contributed by atoms with Crippen molar-refractivity contribution in [2.24, 2.45) is 5.92 Å². The molecule has 1 fully saturated rings. The van der Waals surface area contributed by atoms with Gasteiger partial charge in [0.2, 0.25) is 5.91 Å². The summed E-state index contributed by atoms with van der Waals surface area (Å²) in [4.78, 5) is 24.1. The molecule has 5 nitrogen and oxygen atoms in total. The maximum atomic E-state index is 12.4. The minimum absolute atomic E-state index is 0.0214. The third-order valence-corrected chi connectivity index (χ3v) is 4.46. The molecule has 0 spiro atoms. The molecule has 1 aliphatic rings. The van der Waals surface area contributed by atoms with Gasteiger partial charge in [-0.25, -0.2) is 0 Å². The highest BCUT2D eigenvalue weighted by molar-refractivity contribution is 6.30. The number of carbonyl (C=O) groups is 1. The Labute approximate surface area is 145 Å². The lowest BCUT2D eigenvalue weighted by molar-refractivity contribution is -0.117. The van der Waals surface area contributed by atoms with Gasteiger partial charge in [-0.3, -0.25) is 9.59 Å². The number of benzene rings is 1. The van der Waals surface area contributed by atoms with Gasteiger partial charge in [-0.2, -0.15) is 0 Å². The van der Waals surface area contributed by atoms with E-state index in [2.05, 4.69) is 5.32 Å². The van der Waals surface area contributed by atoms with E-state index in [0.29, 0.717) is 23.9 Å². The highest BCUT2D eigenvalue weighted by Gasteiger charge is 2.43. The second-order valence-electron chi connectivity index (χ2n) is 5.93. The number of rotatable bonds is 6. The van der Waals surface area contributed by atoms with E-state index in [1.54, 1.807) is 19.4 Å². The molecule has 0 bridgehead atoms. The summed E-state index contributed by atoms with van der Waals surface area (Å²) in [6.07, 6.45) is 2.48. The zero-order valence-corrected chi connectivity index (χ0v) is 14.1. The number of anilines is 1. The molecule has 24 heavy (non-hydrogen) atoms. The first-order chi connectivity index (χ1) is 11.6. The van der Waals surface area contributed by atoms with Crippen LogP contribution in [0.4, 0.5) is 5.69 Å². The van der Waals surface area contributed by atoms with E-state index < -0.39 is 0 Å². The van der Waals surface area contributed by atoms with Crippen LogP contribution in [0, 0.1) is 5.92 Å². The van der Waals surface area contributed by atoms with E-state index in [4.69, 9.17) is 16.3 Å². The van der Waals surface area contributed by atoms with E-state index in [0.717, 1.165) is 12.0 Å². The summed E-state index contributed by atoms with van der Waals surface area (Å²) in [5.41, 5.74) is 1.64. The normalized spacial score (nSPS) is 19.1. The molecular weight excluding hydrogens is 328 g/mol. The van der Waals surface area contributed by atoms with Crippen molar-refractivity contribution < 1.29 is 9.53 Å². The fraction of sp³-hybridized carbons (Fsp3) is 0.333. The largest absolute Gasteiger partial charge is 0.383 e. The van der Waals surface area contributed by atoms with E-state index in [1.165, 1.54) is 10.6 Å². The molecular formula is C18H19ClN2O3. The lowest BCUT2D eigenvalue weighted by Gasteiger charge is -2.09. The summed E-state index contributed by atoms with van der Waals surface area (Å²) in [5.74, 6) is 0.180. The van der Waals surface area contributed by atoms with Crippen LogP contribution in [0.25, 0.3) is 0 Å². The molecule has 1 aromatic carbocycles. The van der Waals surface area contributed by atoms with Gasteiger partial charge in [0.15, 0.2) is 0 Å². The van der Waals surface area contributed by atoms with Gasteiger partial charge in [-0.15, -0.1) is 0 Å². The molecule has 6 heteroatoms. The van der Waals surface area contributed by atoms with Crippen molar-refractivity contribution in [2.45, 2.75) is 18.9 Å². The summed E-state index contributed by atoms with van der Waals surface area (Å²) in [7, 11) is 1.58. The average Bonchev–Trinajstić information content (AvgIpc) is 3.37. The summed E-state index contributed by atoms with van der Waals surface area (Å²) >= 11 is 5.89. The quantitative estimate of drug-likeness (QED) is 0.874. The first kappa shape index (κ1) is 16.7. The van der Waals surface area contributed by atoms with Gasteiger partial charge in [0.1, 0.15) is 0 Å². The Morgan fingerprint density at radius 1 is 1.29 bits per heavy atom. The highest BCUT2D eigenvalue weighted by atomic mass is 35.5. The Kier molecular flexibility index (Phi) is 5.02. The Bertz CT molecular complexity index is 786. The van der Waals surface area contributed by atoms with Crippen LogP contribution in [0.1, 0.15) is 17.9 Å². The van der Waals surface area contributed by atoms with Crippen molar-refractivity contribution in [3.05, 3.63) is 63.5 Å². The first-order valence-corrected chi connectivity index (χ1v) is 8.22. The summed E-state index contributed by atoms with van der Waals surface area (Å²) < 4.78 is 6.52. The number of pyridine rings is 1. The summed E-state index contributed by atoms with van der Waals surface area (Å²) in [5, 5.41) is 3.59. The molecule has 126 valence electrons. The lowest BCUT2D eigenvalue weighted by Crippen LogP contribution is -2.22. The maximum absolute atomic E-state index is 12.4. The number of carbonyl (C=O) groups excluding carboxylic acids is 1. The number of amides is 1. The molecule has 2 aromatic rings. The number of hydrogen-bond acceptors (Lipinski definition) is 3. The Hall–Kier alpha value is -2.11. The van der Waals surface area contributed by atoms with Crippen LogP contribution in [0.3, 0.4) is 0 Å². The molecule has 1 aromatic heterocycles. The van der Waals surface area contributed by atoms with Gasteiger partial charge in [0.25, 0.3) is 5.56 Å². The smallest absolute Gasteiger partial charge is 0.250 e. The topological polar surface area (TPSA) is 60.3 Å². The van der Waals surface area contributed by atoms with Gasteiger partial charge < -0.3 is 14.6 Å². The van der Waals surface area contributed by atoms with Crippen LogP contribution in [-0.4, -0.2) is 24.2 Å². The van der Waals surface area contributed by atoms with Crippen molar-refractivity contribution in [1.82, 2.24) is 4.57 Å². The van der Waals surface area contributed by atoms with Crippen LogP contribution in [0.2, 0.25) is 5.02 Å². The minimum Gasteiger partial charge on any atom is -0.383 e. The Balaban J connectivity index is 1.63. The van der Waals surface area contributed by atoms with Gasteiger partial charge in [0.05, 0.1) is 12.3 Å². The first-order valence-electron chi connectivity index (χ1n) is 7.84. The van der Waals surface area contributed by atoms with Crippen LogP contribution in [-0.2, 0) is 16.1 Å². The van der Waals surface area contributed by atoms with Crippen molar-refractivity contribution in [1.29, 1.82) is 0 Å². The number of ether oxygens (including phenoxy) is 1. The fourth-order valence-corrected chi connectivity index (χ4v) is 2.89. The van der Waals surface area contributed by atoms with Gasteiger partial charge >= 0.3 is 0 Å². The van der Waals surface area contributed by atoms with Crippen molar-refractivity contribution in [3.63, 3.8) is 0 Å². The molecule has 1 amide bonds. The molecule has 1 saturated carbocycles. The molecule has 0 aliphatic heterocycles. The number of aromatic nitrogens is 1. The Morgan fingerprint density at radius 2 is 2.04 bits per heavy atom. The molecule has 0 unspecified atom stereocenters. The van der Waals surface area contributed by atoms with Crippen LogP contribution in [0.15, 0.2) is 47.4 Å². The second-order valence-corrected chi connectivity index (χ2v) is 6.37. The average molecular weight is 347 g/mol. The number of methoxy groups -OCH3 is 1. The Morgan fingerprint density at radius 3 is 2.75 bits per heavy atom. The van der Waals surface area contributed by atoms with Crippen molar-refractivity contribution in [2.75, 3.05) is 19.0 Å².